The second kappa shape index (κ2) is 5.49. The van der Waals surface area contributed by atoms with Gasteiger partial charge in [-0.3, -0.25) is 0 Å². The van der Waals surface area contributed by atoms with Crippen molar-refractivity contribution in [1.29, 1.82) is 0 Å². The summed E-state index contributed by atoms with van der Waals surface area (Å²) in [6.07, 6.45) is 1.21. The van der Waals surface area contributed by atoms with Crippen LogP contribution < -0.4 is 5.32 Å². The van der Waals surface area contributed by atoms with Crippen LogP contribution in [0.3, 0.4) is 0 Å². The highest BCUT2D eigenvalue weighted by atomic mass is 35.5. The molecule has 1 aromatic rings. The molecule has 0 radical (unpaired) electrons. The first-order valence-electron chi connectivity index (χ1n) is 4.42. The zero-order valence-electron chi connectivity index (χ0n) is 9.02. The lowest BCUT2D eigenvalue weighted by Crippen LogP contribution is -2.12. The van der Waals surface area contributed by atoms with Gasteiger partial charge in [-0.2, -0.15) is 0 Å². The van der Waals surface area contributed by atoms with Gasteiger partial charge in [0.25, 0.3) is 0 Å². The summed E-state index contributed by atoms with van der Waals surface area (Å²) >= 11 is 0. The van der Waals surface area contributed by atoms with Gasteiger partial charge in [-0.1, -0.05) is 12.1 Å². The maximum absolute atomic E-state index is 11.2. The van der Waals surface area contributed by atoms with Gasteiger partial charge in [0.2, 0.25) is 0 Å². The summed E-state index contributed by atoms with van der Waals surface area (Å²) < 4.78 is 22.3. The fourth-order valence-corrected chi connectivity index (χ4v) is 1.80. The quantitative estimate of drug-likeness (QED) is 0.889. The van der Waals surface area contributed by atoms with Crippen LogP contribution in [0.5, 0.6) is 0 Å². The molecule has 0 aromatic heterocycles. The van der Waals surface area contributed by atoms with Crippen molar-refractivity contribution < 1.29 is 8.42 Å². The predicted octanol–water partition coefficient (Wildman–Crippen LogP) is 1.79. The average molecular weight is 250 g/mol. The molecule has 0 heterocycles. The van der Waals surface area contributed by atoms with Crippen molar-refractivity contribution in [3.05, 3.63) is 29.8 Å². The van der Waals surface area contributed by atoms with Crippen molar-refractivity contribution in [2.75, 3.05) is 13.3 Å². The van der Waals surface area contributed by atoms with Crippen molar-refractivity contribution in [3.63, 3.8) is 0 Å². The van der Waals surface area contributed by atoms with E-state index < -0.39 is 9.84 Å². The van der Waals surface area contributed by atoms with E-state index in [9.17, 15) is 8.42 Å². The fourth-order valence-electron chi connectivity index (χ4n) is 1.17. The average Bonchev–Trinajstić information content (AvgIpc) is 2.15. The van der Waals surface area contributed by atoms with E-state index >= 15 is 0 Å². The molecule has 1 rings (SSSR count). The molecule has 3 nitrogen and oxygen atoms in total. The van der Waals surface area contributed by atoms with Crippen LogP contribution in [0.25, 0.3) is 0 Å². The van der Waals surface area contributed by atoms with Crippen LogP contribution in [0.1, 0.15) is 18.5 Å². The number of rotatable bonds is 3. The number of hydrogen-bond acceptors (Lipinski definition) is 3. The van der Waals surface area contributed by atoms with Crippen LogP contribution in [-0.4, -0.2) is 21.7 Å². The molecule has 0 amide bonds. The number of nitrogens with one attached hydrogen (secondary N) is 1. The van der Waals surface area contributed by atoms with E-state index in [2.05, 4.69) is 5.32 Å². The molecule has 0 saturated heterocycles. The maximum atomic E-state index is 11.2. The Morgan fingerprint density at radius 1 is 1.20 bits per heavy atom. The molecule has 1 aromatic carbocycles. The second-order valence-corrected chi connectivity index (χ2v) is 5.37. The Balaban J connectivity index is 0.00000196. The molecule has 0 spiro atoms. The van der Waals surface area contributed by atoms with Gasteiger partial charge < -0.3 is 5.32 Å². The highest BCUT2D eigenvalue weighted by Gasteiger charge is 2.07. The van der Waals surface area contributed by atoms with E-state index in [1.807, 2.05) is 26.1 Å². The second-order valence-electron chi connectivity index (χ2n) is 3.35. The molecule has 86 valence electrons. The molecule has 0 aliphatic rings. The van der Waals surface area contributed by atoms with Crippen LogP contribution in [0.15, 0.2) is 29.2 Å². The number of hydrogen-bond donors (Lipinski definition) is 1. The first-order valence-corrected chi connectivity index (χ1v) is 6.31. The molecular formula is C10H16ClNO2S. The zero-order chi connectivity index (χ0) is 10.8. The van der Waals surface area contributed by atoms with Gasteiger partial charge in [0.1, 0.15) is 0 Å². The summed E-state index contributed by atoms with van der Waals surface area (Å²) in [7, 11) is -1.20. The van der Waals surface area contributed by atoms with E-state index in [0.29, 0.717) is 4.90 Å². The van der Waals surface area contributed by atoms with Gasteiger partial charge in [-0.25, -0.2) is 8.42 Å². The summed E-state index contributed by atoms with van der Waals surface area (Å²) in [6, 6.07) is 7.18. The van der Waals surface area contributed by atoms with E-state index in [4.69, 9.17) is 0 Å². The minimum Gasteiger partial charge on any atom is -0.313 e. The zero-order valence-corrected chi connectivity index (χ0v) is 10.7. The Morgan fingerprint density at radius 2 is 1.67 bits per heavy atom. The minimum atomic E-state index is -3.07. The molecule has 0 fully saturated rings. The molecule has 5 heteroatoms. The predicted molar refractivity (Wildman–Crippen MR) is 64.3 cm³/mol. The van der Waals surface area contributed by atoms with E-state index in [1.165, 1.54) is 6.26 Å². The van der Waals surface area contributed by atoms with Gasteiger partial charge >= 0.3 is 0 Å². The van der Waals surface area contributed by atoms with Crippen LogP contribution in [0.2, 0.25) is 0 Å². The van der Waals surface area contributed by atoms with Crippen molar-refractivity contribution in [3.8, 4) is 0 Å². The van der Waals surface area contributed by atoms with E-state index in [0.717, 1.165) is 5.56 Å². The van der Waals surface area contributed by atoms with Gasteiger partial charge in [-0.05, 0) is 31.7 Å². The topological polar surface area (TPSA) is 46.2 Å². The van der Waals surface area contributed by atoms with Gasteiger partial charge in [0.05, 0.1) is 4.90 Å². The van der Waals surface area contributed by atoms with Crippen LogP contribution in [0.4, 0.5) is 0 Å². The molecule has 0 aliphatic carbocycles. The maximum Gasteiger partial charge on any atom is 0.175 e. The molecule has 15 heavy (non-hydrogen) atoms. The molecule has 0 bridgehead atoms. The Hall–Kier alpha value is -0.580. The normalized spacial score (nSPS) is 13.0. The minimum absolute atomic E-state index is 0. The molecular weight excluding hydrogens is 234 g/mol. The summed E-state index contributed by atoms with van der Waals surface area (Å²) in [5.74, 6) is 0. The Labute approximate surface area is 97.2 Å². The van der Waals surface area contributed by atoms with Crippen molar-refractivity contribution in [2.24, 2.45) is 0 Å². The summed E-state index contributed by atoms with van der Waals surface area (Å²) in [6.45, 7) is 2.02. The Morgan fingerprint density at radius 3 is 2.00 bits per heavy atom. The molecule has 0 aliphatic heterocycles. The number of halogens is 1. The Kier molecular flexibility index (Phi) is 5.28. The smallest absolute Gasteiger partial charge is 0.175 e. The Bertz CT molecular complexity index is 400. The lowest BCUT2D eigenvalue weighted by Gasteiger charge is -2.10. The molecule has 1 N–H and O–H groups in total. The third-order valence-electron chi connectivity index (χ3n) is 2.24. The molecule has 1 unspecified atom stereocenters. The lowest BCUT2D eigenvalue weighted by atomic mass is 10.1. The van der Waals surface area contributed by atoms with Crippen LogP contribution in [-0.2, 0) is 9.84 Å². The van der Waals surface area contributed by atoms with E-state index in [-0.39, 0.29) is 18.4 Å². The fraction of sp³-hybridized carbons (Fsp3) is 0.400. The number of sulfone groups is 1. The first-order chi connectivity index (χ1) is 6.45. The number of benzene rings is 1. The molecule has 1 atom stereocenters. The SMILES string of the molecule is CNC(C)c1ccc(S(C)(=O)=O)cc1.Cl. The molecule has 0 saturated carbocycles. The van der Waals surface area contributed by atoms with Gasteiger partial charge in [-0.15, -0.1) is 12.4 Å². The van der Waals surface area contributed by atoms with Crippen molar-refractivity contribution in [1.82, 2.24) is 5.32 Å². The first kappa shape index (κ1) is 14.4. The van der Waals surface area contributed by atoms with Crippen LogP contribution >= 0.6 is 12.4 Å². The lowest BCUT2D eigenvalue weighted by molar-refractivity contribution is 0.601. The standard InChI is InChI=1S/C10H15NO2S.ClH/c1-8(11-2)9-4-6-10(7-5-9)14(3,12)13;/h4-8,11H,1-3H3;1H. The van der Waals surface area contributed by atoms with Gasteiger partial charge in [0.15, 0.2) is 9.84 Å². The summed E-state index contributed by atoms with van der Waals surface area (Å²) in [5.41, 5.74) is 1.08. The van der Waals surface area contributed by atoms with Crippen molar-refractivity contribution in [2.45, 2.75) is 17.9 Å². The van der Waals surface area contributed by atoms with E-state index in [1.54, 1.807) is 12.1 Å². The third kappa shape index (κ3) is 3.81. The highest BCUT2D eigenvalue weighted by molar-refractivity contribution is 7.90. The largest absolute Gasteiger partial charge is 0.313 e. The monoisotopic (exact) mass is 249 g/mol. The van der Waals surface area contributed by atoms with Crippen LogP contribution in [0, 0.1) is 0 Å². The summed E-state index contributed by atoms with van der Waals surface area (Å²) in [5, 5.41) is 3.09. The van der Waals surface area contributed by atoms with Gasteiger partial charge in [0, 0.05) is 12.3 Å². The highest BCUT2D eigenvalue weighted by Crippen LogP contribution is 2.15. The summed E-state index contributed by atoms with van der Waals surface area (Å²) in [4.78, 5) is 0.365. The van der Waals surface area contributed by atoms with Crippen molar-refractivity contribution >= 4 is 22.2 Å². The third-order valence-corrected chi connectivity index (χ3v) is 3.37.